The van der Waals surface area contributed by atoms with Gasteiger partial charge in [-0.3, -0.25) is 9.69 Å². The molecule has 1 saturated heterocycles. The molecule has 0 bridgehead atoms. The fraction of sp³-hybridized carbons (Fsp3) is 0.167. The highest BCUT2D eigenvalue weighted by Gasteiger charge is 2.28. The first-order valence-corrected chi connectivity index (χ1v) is 6.34. The lowest BCUT2D eigenvalue weighted by Gasteiger charge is -2.05. The number of carbonyl (C=O) groups is 1. The summed E-state index contributed by atoms with van der Waals surface area (Å²) in [5, 5.41) is 9.74. The zero-order chi connectivity index (χ0) is 13.3. The minimum Gasteiger partial charge on any atom is -0.507 e. The summed E-state index contributed by atoms with van der Waals surface area (Å²) in [4.78, 5) is 13.7. The maximum atomic E-state index is 11.8. The zero-order valence-electron chi connectivity index (χ0n) is 9.84. The van der Waals surface area contributed by atoms with Gasteiger partial charge in [0.05, 0.1) is 12.0 Å². The van der Waals surface area contributed by atoms with Gasteiger partial charge in [0.25, 0.3) is 5.91 Å². The van der Waals surface area contributed by atoms with Gasteiger partial charge in [-0.1, -0.05) is 24.0 Å². The molecule has 0 aromatic heterocycles. The van der Waals surface area contributed by atoms with Crippen LogP contribution in [-0.4, -0.2) is 34.4 Å². The highest BCUT2D eigenvalue weighted by Crippen LogP contribution is 2.34. The number of hydrogen-bond donors (Lipinski definition) is 1. The molecule has 1 fully saturated rings. The van der Waals surface area contributed by atoms with Crippen molar-refractivity contribution in [1.29, 1.82) is 0 Å². The van der Waals surface area contributed by atoms with Gasteiger partial charge < -0.3 is 9.84 Å². The number of thiocarbonyl (C=S) groups is 1. The van der Waals surface area contributed by atoms with Crippen LogP contribution in [0, 0.1) is 0 Å². The van der Waals surface area contributed by atoms with E-state index in [9.17, 15) is 9.90 Å². The van der Waals surface area contributed by atoms with Crippen LogP contribution in [-0.2, 0) is 4.79 Å². The second kappa shape index (κ2) is 4.99. The van der Waals surface area contributed by atoms with Crippen LogP contribution in [0.4, 0.5) is 0 Å². The van der Waals surface area contributed by atoms with E-state index in [1.807, 2.05) is 0 Å². The van der Waals surface area contributed by atoms with E-state index >= 15 is 0 Å². The SMILES string of the molecule is COc1ccc(O)c(/C=C2\SC(=S)N(C)C2=O)c1. The summed E-state index contributed by atoms with van der Waals surface area (Å²) in [5.74, 6) is 0.551. The second-order valence-corrected chi connectivity index (χ2v) is 5.34. The van der Waals surface area contributed by atoms with Crippen molar-refractivity contribution < 1.29 is 14.6 Å². The van der Waals surface area contributed by atoms with Crippen molar-refractivity contribution in [2.24, 2.45) is 0 Å². The number of phenolic OH excluding ortho intramolecular Hbond substituents is 1. The molecule has 0 unspecified atom stereocenters. The Kier molecular flexibility index (Phi) is 3.58. The molecule has 1 aromatic rings. The number of thioether (sulfide) groups is 1. The van der Waals surface area contributed by atoms with E-state index in [4.69, 9.17) is 17.0 Å². The predicted octanol–water partition coefficient (Wildman–Crippen LogP) is 2.23. The first-order valence-electron chi connectivity index (χ1n) is 5.11. The maximum absolute atomic E-state index is 11.8. The Morgan fingerprint density at radius 2 is 2.22 bits per heavy atom. The van der Waals surface area contributed by atoms with Crippen LogP contribution in [0.1, 0.15) is 5.56 Å². The van der Waals surface area contributed by atoms with E-state index in [1.54, 1.807) is 32.4 Å². The molecule has 18 heavy (non-hydrogen) atoms. The smallest absolute Gasteiger partial charge is 0.265 e. The highest BCUT2D eigenvalue weighted by atomic mass is 32.2. The molecule has 0 spiro atoms. The molecule has 0 atom stereocenters. The lowest BCUT2D eigenvalue weighted by molar-refractivity contribution is -0.121. The number of phenols is 1. The van der Waals surface area contributed by atoms with Gasteiger partial charge in [-0.05, 0) is 24.3 Å². The summed E-state index contributed by atoms with van der Waals surface area (Å²) >= 11 is 6.25. The molecule has 1 heterocycles. The van der Waals surface area contributed by atoms with Crippen molar-refractivity contribution in [2.75, 3.05) is 14.2 Å². The number of ether oxygens (including phenoxy) is 1. The van der Waals surface area contributed by atoms with Gasteiger partial charge >= 0.3 is 0 Å². The quantitative estimate of drug-likeness (QED) is 0.665. The monoisotopic (exact) mass is 281 g/mol. The van der Waals surface area contributed by atoms with Crippen LogP contribution in [0.5, 0.6) is 11.5 Å². The molecular formula is C12H11NO3S2. The normalized spacial score (nSPS) is 17.7. The van der Waals surface area contributed by atoms with E-state index in [1.165, 1.54) is 22.7 Å². The van der Waals surface area contributed by atoms with E-state index in [2.05, 4.69) is 0 Å². The van der Waals surface area contributed by atoms with Crippen molar-refractivity contribution in [2.45, 2.75) is 0 Å². The Labute approximate surface area is 114 Å². The minimum atomic E-state index is -0.160. The number of likely N-dealkylation sites (N-methyl/N-ethyl adjacent to an activating group) is 1. The average molecular weight is 281 g/mol. The third-order valence-electron chi connectivity index (χ3n) is 2.51. The van der Waals surface area contributed by atoms with E-state index in [-0.39, 0.29) is 11.7 Å². The molecule has 0 saturated carbocycles. The third-order valence-corrected chi connectivity index (χ3v) is 3.99. The first-order chi connectivity index (χ1) is 8.52. The lowest BCUT2D eigenvalue weighted by Crippen LogP contribution is -2.22. The molecule has 1 aromatic carbocycles. The fourth-order valence-electron chi connectivity index (χ4n) is 1.46. The van der Waals surface area contributed by atoms with Gasteiger partial charge in [0.2, 0.25) is 0 Å². The van der Waals surface area contributed by atoms with Gasteiger partial charge in [-0.25, -0.2) is 0 Å². The molecule has 1 N–H and O–H groups in total. The number of hydrogen-bond acceptors (Lipinski definition) is 5. The Morgan fingerprint density at radius 1 is 1.50 bits per heavy atom. The first kappa shape index (κ1) is 12.9. The van der Waals surface area contributed by atoms with Gasteiger partial charge in [0.15, 0.2) is 0 Å². The Bertz CT molecular complexity index is 554. The topological polar surface area (TPSA) is 49.8 Å². The number of aromatic hydroxyl groups is 1. The van der Waals surface area contributed by atoms with Gasteiger partial charge in [0, 0.05) is 12.6 Å². The number of amides is 1. The second-order valence-electron chi connectivity index (χ2n) is 3.67. The summed E-state index contributed by atoms with van der Waals surface area (Å²) in [6, 6.07) is 4.84. The Balaban J connectivity index is 2.39. The van der Waals surface area contributed by atoms with Crippen molar-refractivity contribution in [3.8, 4) is 11.5 Å². The predicted molar refractivity (Wildman–Crippen MR) is 75.6 cm³/mol. The summed E-state index contributed by atoms with van der Waals surface area (Å²) in [5.41, 5.74) is 0.531. The van der Waals surface area contributed by atoms with Crippen LogP contribution in [0.25, 0.3) is 6.08 Å². The largest absolute Gasteiger partial charge is 0.507 e. The molecule has 1 aliphatic heterocycles. The van der Waals surface area contributed by atoms with Crippen LogP contribution < -0.4 is 4.74 Å². The van der Waals surface area contributed by atoms with Gasteiger partial charge in [-0.15, -0.1) is 0 Å². The van der Waals surface area contributed by atoms with Crippen molar-refractivity contribution in [1.82, 2.24) is 4.90 Å². The maximum Gasteiger partial charge on any atom is 0.265 e. The number of rotatable bonds is 2. The van der Waals surface area contributed by atoms with Crippen molar-refractivity contribution >= 4 is 40.3 Å². The Hall–Kier alpha value is -1.53. The molecule has 0 radical (unpaired) electrons. The summed E-state index contributed by atoms with van der Waals surface area (Å²) in [6.45, 7) is 0. The molecule has 2 rings (SSSR count). The number of benzene rings is 1. The molecule has 1 aliphatic rings. The molecule has 0 aliphatic carbocycles. The third kappa shape index (κ3) is 2.34. The molecule has 1 amide bonds. The van der Waals surface area contributed by atoms with Crippen molar-refractivity contribution in [3.05, 3.63) is 28.7 Å². The lowest BCUT2D eigenvalue weighted by atomic mass is 10.1. The molecule has 4 nitrogen and oxygen atoms in total. The fourth-order valence-corrected chi connectivity index (χ4v) is 2.63. The standard InChI is InChI=1S/C12H11NO3S2/c1-13-11(15)10(18-12(13)17)6-7-5-8(16-2)3-4-9(7)14/h3-6,14H,1-2H3/b10-6-. The van der Waals surface area contributed by atoms with Gasteiger partial charge in [-0.2, -0.15) is 0 Å². The number of carbonyl (C=O) groups excluding carboxylic acids is 1. The van der Waals surface area contributed by atoms with E-state index in [0.29, 0.717) is 20.5 Å². The van der Waals surface area contributed by atoms with Crippen molar-refractivity contribution in [3.63, 3.8) is 0 Å². The van der Waals surface area contributed by atoms with Crippen LogP contribution in [0.2, 0.25) is 0 Å². The van der Waals surface area contributed by atoms with Gasteiger partial charge in [0.1, 0.15) is 15.8 Å². The molecule has 94 valence electrons. The van der Waals surface area contributed by atoms with Crippen LogP contribution >= 0.6 is 24.0 Å². The highest BCUT2D eigenvalue weighted by molar-refractivity contribution is 8.26. The Morgan fingerprint density at radius 3 is 2.78 bits per heavy atom. The average Bonchev–Trinajstić information content (AvgIpc) is 2.60. The summed E-state index contributed by atoms with van der Waals surface area (Å²) in [6.07, 6.45) is 1.61. The van der Waals surface area contributed by atoms with Crippen LogP contribution in [0.3, 0.4) is 0 Å². The zero-order valence-corrected chi connectivity index (χ0v) is 11.5. The minimum absolute atomic E-state index is 0.0946. The van der Waals surface area contributed by atoms with Crippen LogP contribution in [0.15, 0.2) is 23.1 Å². The van der Waals surface area contributed by atoms with E-state index in [0.717, 1.165) is 0 Å². The molecule has 6 heteroatoms. The number of methoxy groups -OCH3 is 1. The summed E-state index contributed by atoms with van der Waals surface area (Å²) in [7, 11) is 3.17. The summed E-state index contributed by atoms with van der Waals surface area (Å²) < 4.78 is 5.58. The molecular weight excluding hydrogens is 270 g/mol. The van der Waals surface area contributed by atoms with E-state index < -0.39 is 0 Å². The number of nitrogens with zero attached hydrogens (tertiary/aromatic N) is 1.